The van der Waals surface area contributed by atoms with Crippen LogP contribution in [0.4, 0.5) is 0 Å². The van der Waals surface area contributed by atoms with Gasteiger partial charge < -0.3 is 9.67 Å². The smallest absolute Gasteiger partial charge is 0.123 e. The summed E-state index contributed by atoms with van der Waals surface area (Å²) in [5, 5.41) is 11.0. The highest BCUT2D eigenvalue weighted by Crippen LogP contribution is 2.26. The van der Waals surface area contributed by atoms with Gasteiger partial charge in [0.05, 0.1) is 18.3 Å². The summed E-state index contributed by atoms with van der Waals surface area (Å²) in [5.41, 5.74) is 5.03. The van der Waals surface area contributed by atoms with Crippen LogP contribution in [-0.2, 0) is 26.6 Å². The van der Waals surface area contributed by atoms with Crippen LogP contribution in [0.5, 0.6) is 0 Å². The highest BCUT2D eigenvalue weighted by Gasteiger charge is 2.33. The molecule has 30 heavy (non-hydrogen) atoms. The zero-order valence-corrected chi connectivity index (χ0v) is 17.6. The van der Waals surface area contributed by atoms with E-state index in [0.29, 0.717) is 6.54 Å². The molecule has 3 heterocycles. The van der Waals surface area contributed by atoms with Crippen molar-refractivity contribution in [2.24, 2.45) is 7.05 Å². The van der Waals surface area contributed by atoms with E-state index in [1.54, 1.807) is 0 Å². The SMILES string of the molecule is Cn1cc(-c2ccccc2)nc1CN1CC[C@@H](N2CCc3ccccc3C2)[C@H](O)C1. The molecule has 156 valence electrons. The highest BCUT2D eigenvalue weighted by molar-refractivity contribution is 5.58. The maximum absolute atomic E-state index is 11.0. The highest BCUT2D eigenvalue weighted by atomic mass is 16.3. The molecule has 0 saturated carbocycles. The molecule has 1 fully saturated rings. The first-order valence-electron chi connectivity index (χ1n) is 11.0. The van der Waals surface area contributed by atoms with Gasteiger partial charge in [-0.05, 0) is 24.0 Å². The number of aliphatic hydroxyl groups excluding tert-OH is 1. The van der Waals surface area contributed by atoms with Crippen LogP contribution in [0.2, 0.25) is 0 Å². The molecule has 2 aliphatic heterocycles. The lowest BCUT2D eigenvalue weighted by Crippen LogP contribution is -2.54. The number of aromatic nitrogens is 2. The Bertz CT molecular complexity index is 999. The summed E-state index contributed by atoms with van der Waals surface area (Å²) in [6, 6.07) is 19.3. The fourth-order valence-corrected chi connectivity index (χ4v) is 4.95. The van der Waals surface area contributed by atoms with Crippen LogP contribution >= 0.6 is 0 Å². The van der Waals surface area contributed by atoms with Gasteiger partial charge in [-0.1, -0.05) is 54.6 Å². The Labute approximate surface area is 178 Å². The van der Waals surface area contributed by atoms with Gasteiger partial charge in [0, 0.05) is 51.0 Å². The number of benzene rings is 2. The molecule has 5 rings (SSSR count). The fraction of sp³-hybridized carbons (Fsp3) is 0.400. The summed E-state index contributed by atoms with van der Waals surface area (Å²) >= 11 is 0. The Balaban J connectivity index is 1.22. The molecule has 0 bridgehead atoms. The van der Waals surface area contributed by atoms with E-state index < -0.39 is 0 Å². The van der Waals surface area contributed by atoms with Gasteiger partial charge >= 0.3 is 0 Å². The molecule has 5 nitrogen and oxygen atoms in total. The number of aryl methyl sites for hydroxylation is 1. The Kier molecular flexibility index (Phi) is 5.42. The van der Waals surface area contributed by atoms with Crippen molar-refractivity contribution < 1.29 is 5.11 Å². The third kappa shape index (κ3) is 3.93. The number of hydrogen-bond acceptors (Lipinski definition) is 4. The second-order valence-electron chi connectivity index (χ2n) is 8.67. The van der Waals surface area contributed by atoms with Crippen LogP contribution in [0.1, 0.15) is 23.4 Å². The molecule has 2 atom stereocenters. The molecule has 0 aliphatic carbocycles. The minimum absolute atomic E-state index is 0.246. The van der Waals surface area contributed by atoms with Crippen molar-refractivity contribution in [2.45, 2.75) is 38.1 Å². The molecule has 1 N–H and O–H groups in total. The minimum atomic E-state index is -0.321. The number of piperidine rings is 1. The zero-order valence-electron chi connectivity index (χ0n) is 17.6. The van der Waals surface area contributed by atoms with Gasteiger partial charge in [0.1, 0.15) is 5.82 Å². The number of imidazole rings is 1. The van der Waals surface area contributed by atoms with Crippen LogP contribution in [0, 0.1) is 0 Å². The van der Waals surface area contributed by atoms with Crippen molar-refractivity contribution >= 4 is 0 Å². The summed E-state index contributed by atoms with van der Waals surface area (Å²) in [4.78, 5) is 9.69. The third-order valence-electron chi connectivity index (χ3n) is 6.67. The lowest BCUT2D eigenvalue weighted by atomic mass is 9.94. The zero-order chi connectivity index (χ0) is 20.5. The normalized spacial score (nSPS) is 22.7. The van der Waals surface area contributed by atoms with E-state index in [9.17, 15) is 5.11 Å². The molecule has 5 heteroatoms. The van der Waals surface area contributed by atoms with Gasteiger partial charge in [0.2, 0.25) is 0 Å². The van der Waals surface area contributed by atoms with Crippen molar-refractivity contribution in [1.82, 2.24) is 19.4 Å². The fourth-order valence-electron chi connectivity index (χ4n) is 4.95. The summed E-state index contributed by atoms with van der Waals surface area (Å²) in [5.74, 6) is 1.05. The summed E-state index contributed by atoms with van der Waals surface area (Å²) in [7, 11) is 2.06. The largest absolute Gasteiger partial charge is 0.390 e. The van der Waals surface area contributed by atoms with Crippen molar-refractivity contribution in [3.63, 3.8) is 0 Å². The standard InChI is InChI=1S/C25H30N4O/c1-27-16-22(20-8-3-2-4-9-20)26-25(27)18-28-13-12-23(24(30)17-28)29-14-11-19-7-5-6-10-21(19)15-29/h2-10,16,23-24,30H,11-15,17-18H2,1H3/t23-,24-/m1/s1. The van der Waals surface area contributed by atoms with Crippen molar-refractivity contribution in [3.8, 4) is 11.3 Å². The Hall–Kier alpha value is -2.47. The number of hydrogen-bond donors (Lipinski definition) is 1. The quantitative estimate of drug-likeness (QED) is 0.729. The lowest BCUT2D eigenvalue weighted by Gasteiger charge is -2.43. The van der Waals surface area contributed by atoms with Gasteiger partial charge in [-0.2, -0.15) is 0 Å². The van der Waals surface area contributed by atoms with Crippen LogP contribution in [0.25, 0.3) is 11.3 Å². The number of likely N-dealkylation sites (tertiary alicyclic amines) is 1. The summed E-state index contributed by atoms with van der Waals surface area (Å²) in [6.45, 7) is 4.47. The number of aliphatic hydroxyl groups is 1. The van der Waals surface area contributed by atoms with Crippen LogP contribution < -0.4 is 0 Å². The number of rotatable bonds is 4. The number of fused-ring (bicyclic) bond motifs is 1. The average Bonchev–Trinajstić information content (AvgIpc) is 3.14. The number of nitrogens with zero attached hydrogens (tertiary/aromatic N) is 4. The first kappa shape index (κ1) is 19.5. The predicted octanol–water partition coefficient (Wildman–Crippen LogP) is 3.08. The van der Waals surface area contributed by atoms with Gasteiger partial charge in [0.25, 0.3) is 0 Å². The van der Waals surface area contributed by atoms with Crippen LogP contribution in [0.3, 0.4) is 0 Å². The molecule has 2 aromatic carbocycles. The Morgan fingerprint density at radius 1 is 1.00 bits per heavy atom. The second-order valence-corrected chi connectivity index (χ2v) is 8.67. The van der Waals surface area contributed by atoms with E-state index >= 15 is 0 Å². The van der Waals surface area contributed by atoms with E-state index in [-0.39, 0.29) is 12.1 Å². The van der Waals surface area contributed by atoms with E-state index in [1.807, 2.05) is 18.2 Å². The van der Waals surface area contributed by atoms with Crippen molar-refractivity contribution in [2.75, 3.05) is 19.6 Å². The van der Waals surface area contributed by atoms with Crippen molar-refractivity contribution in [3.05, 3.63) is 77.7 Å². The lowest BCUT2D eigenvalue weighted by molar-refractivity contribution is -0.0212. The van der Waals surface area contributed by atoms with E-state index in [1.165, 1.54) is 11.1 Å². The first-order valence-corrected chi connectivity index (χ1v) is 11.0. The Morgan fingerprint density at radius 2 is 1.77 bits per heavy atom. The van der Waals surface area contributed by atoms with Gasteiger partial charge in [-0.15, -0.1) is 0 Å². The van der Waals surface area contributed by atoms with Crippen LogP contribution in [-0.4, -0.2) is 56.2 Å². The summed E-state index contributed by atoms with van der Waals surface area (Å²) in [6.07, 6.45) is 3.86. The topological polar surface area (TPSA) is 44.5 Å². The molecule has 3 aromatic rings. The van der Waals surface area contributed by atoms with Crippen molar-refractivity contribution in [1.29, 1.82) is 0 Å². The maximum atomic E-state index is 11.0. The maximum Gasteiger partial charge on any atom is 0.123 e. The molecule has 1 saturated heterocycles. The molecule has 0 amide bonds. The van der Waals surface area contributed by atoms with Gasteiger partial charge in [-0.3, -0.25) is 9.80 Å². The molecule has 0 spiro atoms. The predicted molar refractivity (Wildman–Crippen MR) is 119 cm³/mol. The molecular formula is C25H30N4O. The van der Waals surface area contributed by atoms with E-state index in [4.69, 9.17) is 4.98 Å². The average molecular weight is 403 g/mol. The molecule has 1 aromatic heterocycles. The van der Waals surface area contributed by atoms with Gasteiger partial charge in [0.15, 0.2) is 0 Å². The molecule has 0 unspecified atom stereocenters. The van der Waals surface area contributed by atoms with E-state index in [0.717, 1.165) is 56.1 Å². The molecule has 0 radical (unpaired) electrons. The molecular weight excluding hydrogens is 372 g/mol. The number of β-amino-alcohol motifs (C(OH)–C–C–N with tert-alkyl or cyclic N) is 1. The van der Waals surface area contributed by atoms with Gasteiger partial charge in [-0.25, -0.2) is 4.98 Å². The third-order valence-corrected chi connectivity index (χ3v) is 6.67. The minimum Gasteiger partial charge on any atom is -0.390 e. The first-order chi connectivity index (χ1) is 14.7. The molecule has 2 aliphatic rings. The second kappa shape index (κ2) is 8.34. The monoisotopic (exact) mass is 402 g/mol. The Morgan fingerprint density at radius 3 is 2.57 bits per heavy atom. The van der Waals surface area contributed by atoms with E-state index in [2.05, 4.69) is 64.0 Å². The van der Waals surface area contributed by atoms with Crippen LogP contribution in [0.15, 0.2) is 60.8 Å². The summed E-state index contributed by atoms with van der Waals surface area (Å²) < 4.78 is 2.11.